The second kappa shape index (κ2) is 9.69. The standard InChI is InChI=1S/C26H20F2N6O3/c1-14-24-22(32-26(29)31-14)10-15(11-23(24)33-37-18-5-2-4-17(13-18)34(35)36)19-8-7-16(27)12-21(19)20-6-3-9-30-25(20)28/h2-9,12-13,15H,10-11H2,1H3,(H2,29,31,32)/b33-23+. The van der Waals surface area contributed by atoms with Gasteiger partial charge in [-0.1, -0.05) is 17.3 Å². The quantitative estimate of drug-likeness (QED) is 0.227. The van der Waals surface area contributed by atoms with Gasteiger partial charge in [0.1, 0.15) is 5.82 Å². The monoisotopic (exact) mass is 502 g/mol. The Hall–Kier alpha value is -4.80. The highest BCUT2D eigenvalue weighted by atomic mass is 19.1. The fraction of sp³-hybridized carbons (Fsp3) is 0.154. The smallest absolute Gasteiger partial charge is 0.273 e. The van der Waals surface area contributed by atoms with Crippen LogP contribution in [-0.2, 0) is 6.42 Å². The summed E-state index contributed by atoms with van der Waals surface area (Å²) in [6, 6.07) is 13.0. The highest BCUT2D eigenvalue weighted by molar-refractivity contribution is 6.03. The molecule has 0 radical (unpaired) electrons. The van der Waals surface area contributed by atoms with Gasteiger partial charge in [-0.15, -0.1) is 0 Å². The molecule has 0 aliphatic heterocycles. The van der Waals surface area contributed by atoms with E-state index in [0.717, 1.165) is 0 Å². The minimum absolute atomic E-state index is 0.0912. The molecule has 2 aromatic heterocycles. The van der Waals surface area contributed by atoms with Crippen LogP contribution in [-0.4, -0.2) is 25.6 Å². The summed E-state index contributed by atoms with van der Waals surface area (Å²) in [6.07, 6.45) is 2.07. The molecule has 0 saturated carbocycles. The third kappa shape index (κ3) is 4.83. The van der Waals surface area contributed by atoms with Crippen LogP contribution in [0, 0.1) is 28.8 Å². The van der Waals surface area contributed by atoms with E-state index >= 15 is 0 Å². The number of hydrogen-bond donors (Lipinski definition) is 1. The first kappa shape index (κ1) is 23.9. The van der Waals surface area contributed by atoms with Crippen molar-refractivity contribution in [2.75, 3.05) is 5.73 Å². The van der Waals surface area contributed by atoms with Gasteiger partial charge in [-0.25, -0.2) is 19.3 Å². The normalized spacial score (nSPS) is 15.9. The van der Waals surface area contributed by atoms with Crippen molar-refractivity contribution in [3.63, 3.8) is 0 Å². The van der Waals surface area contributed by atoms with E-state index in [1.807, 2.05) is 0 Å². The van der Waals surface area contributed by atoms with Crippen molar-refractivity contribution in [1.29, 1.82) is 0 Å². The van der Waals surface area contributed by atoms with Crippen LogP contribution in [0.25, 0.3) is 11.1 Å². The Bertz CT molecular complexity index is 1560. The van der Waals surface area contributed by atoms with E-state index in [0.29, 0.717) is 46.6 Å². The molecular weight excluding hydrogens is 482 g/mol. The molecule has 0 fully saturated rings. The molecule has 2 aromatic carbocycles. The predicted octanol–water partition coefficient (Wildman–Crippen LogP) is 5.13. The number of fused-ring (bicyclic) bond motifs is 1. The predicted molar refractivity (Wildman–Crippen MR) is 132 cm³/mol. The number of halogens is 2. The van der Waals surface area contributed by atoms with E-state index in [-0.39, 0.29) is 28.9 Å². The van der Waals surface area contributed by atoms with Gasteiger partial charge in [0.15, 0.2) is 5.75 Å². The third-order valence-electron chi connectivity index (χ3n) is 6.14. The number of rotatable bonds is 5. The van der Waals surface area contributed by atoms with Crippen LogP contribution in [0.2, 0.25) is 0 Å². The number of nitro groups is 1. The van der Waals surface area contributed by atoms with Gasteiger partial charge in [0.2, 0.25) is 11.9 Å². The van der Waals surface area contributed by atoms with Crippen molar-refractivity contribution < 1.29 is 18.5 Å². The largest absolute Gasteiger partial charge is 0.368 e. The Kier molecular flexibility index (Phi) is 6.26. The van der Waals surface area contributed by atoms with E-state index in [4.69, 9.17) is 10.6 Å². The zero-order chi connectivity index (χ0) is 26.1. The van der Waals surface area contributed by atoms with Gasteiger partial charge in [-0.3, -0.25) is 10.1 Å². The van der Waals surface area contributed by atoms with Gasteiger partial charge in [0.05, 0.1) is 28.1 Å². The summed E-state index contributed by atoms with van der Waals surface area (Å²) in [4.78, 5) is 28.5. The number of anilines is 1. The molecule has 9 nitrogen and oxygen atoms in total. The number of aryl methyl sites for hydroxylation is 1. The molecule has 0 bridgehead atoms. The molecule has 0 spiro atoms. The highest BCUT2D eigenvalue weighted by Crippen LogP contribution is 2.39. The van der Waals surface area contributed by atoms with E-state index in [9.17, 15) is 18.9 Å². The molecule has 37 heavy (non-hydrogen) atoms. The van der Waals surface area contributed by atoms with Crippen molar-refractivity contribution >= 4 is 17.3 Å². The number of aromatic nitrogens is 3. The van der Waals surface area contributed by atoms with Crippen molar-refractivity contribution in [1.82, 2.24) is 15.0 Å². The molecule has 2 heterocycles. The number of benzene rings is 2. The minimum Gasteiger partial charge on any atom is -0.368 e. The minimum atomic E-state index is -0.712. The Morgan fingerprint density at radius 2 is 1.92 bits per heavy atom. The van der Waals surface area contributed by atoms with Crippen molar-refractivity contribution in [2.45, 2.75) is 25.7 Å². The summed E-state index contributed by atoms with van der Waals surface area (Å²) in [5.41, 5.74) is 9.36. The number of nitrogen functional groups attached to an aromatic ring is 1. The first-order valence-corrected chi connectivity index (χ1v) is 11.3. The Morgan fingerprint density at radius 1 is 1.08 bits per heavy atom. The maximum absolute atomic E-state index is 14.6. The molecular formula is C26H20F2N6O3. The average Bonchev–Trinajstić information content (AvgIpc) is 2.87. The fourth-order valence-electron chi connectivity index (χ4n) is 4.59. The number of hydrogen-bond acceptors (Lipinski definition) is 8. The van der Waals surface area contributed by atoms with E-state index < -0.39 is 16.7 Å². The molecule has 186 valence electrons. The number of pyridine rings is 1. The molecule has 1 aliphatic rings. The SMILES string of the molecule is Cc1nc(N)nc2c1/C(=N/Oc1cccc([N+](=O)[O-])c1)CC(c1ccc(F)cc1-c1cccnc1F)C2. The summed E-state index contributed by atoms with van der Waals surface area (Å²) in [5.74, 6) is -1.24. The lowest BCUT2D eigenvalue weighted by atomic mass is 9.78. The summed E-state index contributed by atoms with van der Waals surface area (Å²) in [5, 5.41) is 15.4. The van der Waals surface area contributed by atoms with Gasteiger partial charge in [-0.05, 0) is 60.7 Å². The molecule has 2 N–H and O–H groups in total. The van der Waals surface area contributed by atoms with Crippen molar-refractivity contribution in [2.24, 2.45) is 5.16 Å². The highest BCUT2D eigenvalue weighted by Gasteiger charge is 2.31. The summed E-state index contributed by atoms with van der Waals surface area (Å²) >= 11 is 0. The summed E-state index contributed by atoms with van der Waals surface area (Å²) < 4.78 is 28.9. The van der Waals surface area contributed by atoms with E-state index in [1.54, 1.807) is 31.2 Å². The Balaban J connectivity index is 1.59. The zero-order valence-electron chi connectivity index (χ0n) is 19.6. The van der Waals surface area contributed by atoms with Crippen LogP contribution < -0.4 is 10.6 Å². The second-order valence-corrected chi connectivity index (χ2v) is 8.55. The average molecular weight is 502 g/mol. The number of nitro benzene ring substituents is 1. The van der Waals surface area contributed by atoms with Gasteiger partial charge >= 0.3 is 0 Å². The van der Waals surface area contributed by atoms with Gasteiger partial charge in [0.25, 0.3) is 5.69 Å². The maximum atomic E-state index is 14.6. The second-order valence-electron chi connectivity index (χ2n) is 8.55. The molecule has 1 unspecified atom stereocenters. The number of nitrogens with zero attached hydrogens (tertiary/aromatic N) is 5. The lowest BCUT2D eigenvalue weighted by Gasteiger charge is -2.28. The first-order valence-electron chi connectivity index (χ1n) is 11.3. The lowest BCUT2D eigenvalue weighted by molar-refractivity contribution is -0.384. The summed E-state index contributed by atoms with van der Waals surface area (Å²) in [7, 11) is 0. The van der Waals surface area contributed by atoms with Crippen LogP contribution >= 0.6 is 0 Å². The van der Waals surface area contributed by atoms with Gasteiger partial charge < -0.3 is 10.6 Å². The Morgan fingerprint density at radius 3 is 2.70 bits per heavy atom. The van der Waals surface area contributed by atoms with Crippen molar-refractivity contribution in [3.05, 3.63) is 105 Å². The molecule has 5 rings (SSSR count). The number of oxime groups is 1. The lowest BCUT2D eigenvalue weighted by Crippen LogP contribution is -2.24. The molecule has 11 heteroatoms. The molecule has 1 aliphatic carbocycles. The molecule has 0 saturated heterocycles. The van der Waals surface area contributed by atoms with Crippen LogP contribution in [0.3, 0.4) is 0 Å². The van der Waals surface area contributed by atoms with Crippen LogP contribution in [0.5, 0.6) is 5.75 Å². The van der Waals surface area contributed by atoms with E-state index in [2.05, 4.69) is 20.1 Å². The topological polar surface area (TPSA) is 129 Å². The number of non-ortho nitro benzene ring substituents is 1. The fourth-order valence-corrected chi connectivity index (χ4v) is 4.59. The van der Waals surface area contributed by atoms with Crippen LogP contribution in [0.1, 0.15) is 34.9 Å². The first-order chi connectivity index (χ1) is 17.8. The van der Waals surface area contributed by atoms with Crippen molar-refractivity contribution in [3.8, 4) is 16.9 Å². The van der Waals surface area contributed by atoms with Crippen LogP contribution in [0.15, 0.2) is 65.9 Å². The van der Waals surface area contributed by atoms with E-state index in [1.165, 1.54) is 36.5 Å². The summed E-state index contributed by atoms with van der Waals surface area (Å²) in [6.45, 7) is 1.77. The van der Waals surface area contributed by atoms with Gasteiger partial charge in [0, 0.05) is 29.8 Å². The number of nitrogens with two attached hydrogens (primary N) is 1. The molecule has 0 amide bonds. The van der Waals surface area contributed by atoms with Gasteiger partial charge in [-0.2, -0.15) is 4.39 Å². The molecule has 1 atom stereocenters. The third-order valence-corrected chi connectivity index (χ3v) is 6.14. The molecule has 4 aromatic rings. The zero-order valence-corrected chi connectivity index (χ0v) is 19.6. The maximum Gasteiger partial charge on any atom is 0.273 e. The Labute approximate surface area is 209 Å². The van der Waals surface area contributed by atoms with Crippen LogP contribution in [0.4, 0.5) is 20.4 Å².